The Hall–Kier alpha value is -2.41. The summed E-state index contributed by atoms with van der Waals surface area (Å²) in [5, 5.41) is 11.5. The lowest BCUT2D eigenvalue weighted by Crippen LogP contribution is -2.10. The Morgan fingerprint density at radius 2 is 2.30 bits per heavy atom. The quantitative estimate of drug-likeness (QED) is 0.826. The number of carboxylic acids is 1. The van der Waals surface area contributed by atoms with E-state index in [1.54, 1.807) is 12.1 Å². The Balaban J connectivity index is 2.03. The zero-order valence-electron chi connectivity index (χ0n) is 10.6. The molecular weight excluding hydrogens is 280 g/mol. The Bertz CT molecular complexity index is 657. The van der Waals surface area contributed by atoms with Gasteiger partial charge in [-0.05, 0) is 18.2 Å². The largest absolute Gasteiger partial charge is 0.478 e. The Kier molecular flexibility index (Phi) is 4.31. The summed E-state index contributed by atoms with van der Waals surface area (Å²) in [4.78, 5) is 26.9. The number of nitrogens with one attached hydrogen (secondary N) is 1. The fraction of sp³-hybridized carbons (Fsp3) is 0.154. The molecule has 2 heterocycles. The molecule has 6 nitrogen and oxygen atoms in total. The molecule has 0 saturated carbocycles. The molecule has 0 aliphatic rings. The average Bonchev–Trinajstić information content (AvgIpc) is 3.05. The van der Waals surface area contributed by atoms with Crippen molar-refractivity contribution in [2.45, 2.75) is 13.3 Å². The zero-order chi connectivity index (χ0) is 14.5. The zero-order valence-corrected chi connectivity index (χ0v) is 11.4. The van der Waals surface area contributed by atoms with E-state index in [1.807, 2.05) is 6.92 Å². The van der Waals surface area contributed by atoms with E-state index < -0.39 is 5.97 Å². The molecule has 2 N–H and O–H groups in total. The number of hydrogen-bond acceptors (Lipinski definition) is 5. The average molecular weight is 292 g/mol. The Morgan fingerprint density at radius 3 is 2.95 bits per heavy atom. The maximum atomic E-state index is 11.9. The monoisotopic (exact) mass is 292 g/mol. The van der Waals surface area contributed by atoms with Crippen LogP contribution in [0, 0.1) is 0 Å². The fourth-order valence-electron chi connectivity index (χ4n) is 1.42. The van der Waals surface area contributed by atoms with Crippen LogP contribution in [0.1, 0.15) is 28.1 Å². The molecule has 2 rings (SSSR count). The van der Waals surface area contributed by atoms with Gasteiger partial charge in [0.2, 0.25) is 0 Å². The summed E-state index contributed by atoms with van der Waals surface area (Å²) in [6, 6.07) is 3.35. The summed E-state index contributed by atoms with van der Waals surface area (Å²) in [5.74, 6) is -0.460. The number of rotatable bonds is 5. The number of aromatic nitrogens is 1. The topological polar surface area (TPSA) is 92.4 Å². The predicted octanol–water partition coefficient (Wildman–Crippen LogP) is 2.65. The lowest BCUT2D eigenvalue weighted by atomic mass is 10.3. The van der Waals surface area contributed by atoms with Crippen LogP contribution < -0.4 is 5.32 Å². The summed E-state index contributed by atoms with van der Waals surface area (Å²) in [7, 11) is 0. The molecule has 2 aromatic heterocycles. The highest BCUT2D eigenvalue weighted by Gasteiger charge is 2.12. The molecule has 0 aliphatic carbocycles. The summed E-state index contributed by atoms with van der Waals surface area (Å²) < 4.78 is 5.33. The van der Waals surface area contributed by atoms with Crippen molar-refractivity contribution in [3.8, 4) is 0 Å². The predicted molar refractivity (Wildman–Crippen MR) is 74.8 cm³/mol. The highest BCUT2D eigenvalue weighted by Crippen LogP contribution is 2.20. The summed E-state index contributed by atoms with van der Waals surface area (Å²) in [6.07, 6.45) is 4.63. The third kappa shape index (κ3) is 3.55. The molecule has 0 spiro atoms. The second-order valence-electron chi connectivity index (χ2n) is 3.81. The Labute approximate surface area is 118 Å². The van der Waals surface area contributed by atoms with Gasteiger partial charge < -0.3 is 9.52 Å². The molecule has 7 heteroatoms. The number of hydrogen-bond donors (Lipinski definition) is 2. The van der Waals surface area contributed by atoms with Crippen LogP contribution in [0.15, 0.2) is 28.8 Å². The van der Waals surface area contributed by atoms with Gasteiger partial charge in [-0.1, -0.05) is 18.3 Å². The van der Waals surface area contributed by atoms with E-state index in [0.29, 0.717) is 16.4 Å². The molecule has 104 valence electrons. The van der Waals surface area contributed by atoms with Crippen molar-refractivity contribution in [3.05, 3.63) is 40.8 Å². The molecule has 0 atom stereocenters. The van der Waals surface area contributed by atoms with E-state index in [-0.39, 0.29) is 11.7 Å². The van der Waals surface area contributed by atoms with Gasteiger partial charge in [-0.25, -0.2) is 9.78 Å². The fourth-order valence-corrected chi connectivity index (χ4v) is 2.14. The molecular formula is C13H12N2O4S. The van der Waals surface area contributed by atoms with Crippen LogP contribution in [-0.2, 0) is 11.2 Å². The molecule has 2 aromatic rings. The van der Waals surface area contributed by atoms with Crippen LogP contribution in [0.4, 0.5) is 5.13 Å². The minimum absolute atomic E-state index is 0.222. The van der Waals surface area contributed by atoms with Crippen LogP contribution in [-0.4, -0.2) is 22.0 Å². The van der Waals surface area contributed by atoms with Crippen molar-refractivity contribution in [2.24, 2.45) is 0 Å². The van der Waals surface area contributed by atoms with Gasteiger partial charge in [0.05, 0.1) is 0 Å². The second-order valence-corrected chi connectivity index (χ2v) is 4.88. The summed E-state index contributed by atoms with van der Waals surface area (Å²) in [6.45, 7) is 1.93. The van der Waals surface area contributed by atoms with Crippen molar-refractivity contribution in [1.29, 1.82) is 0 Å². The van der Waals surface area contributed by atoms with E-state index in [2.05, 4.69) is 10.3 Å². The first-order chi connectivity index (χ1) is 9.58. The van der Waals surface area contributed by atoms with Gasteiger partial charge in [-0.2, -0.15) is 0 Å². The molecule has 0 bridgehead atoms. The lowest BCUT2D eigenvalue weighted by Gasteiger charge is -1.97. The number of carbonyl (C=O) groups excluding carboxylic acids is 1. The summed E-state index contributed by atoms with van der Waals surface area (Å²) >= 11 is 1.18. The summed E-state index contributed by atoms with van der Waals surface area (Å²) in [5.41, 5.74) is 0. The van der Waals surface area contributed by atoms with Crippen molar-refractivity contribution in [3.63, 3.8) is 0 Å². The van der Waals surface area contributed by atoms with E-state index in [9.17, 15) is 9.59 Å². The number of furan rings is 1. The first-order valence-electron chi connectivity index (χ1n) is 5.85. The van der Waals surface area contributed by atoms with Crippen molar-refractivity contribution in [1.82, 2.24) is 4.98 Å². The Morgan fingerprint density at radius 1 is 1.50 bits per heavy atom. The minimum Gasteiger partial charge on any atom is -0.478 e. The molecule has 0 unspecified atom stereocenters. The van der Waals surface area contributed by atoms with E-state index in [0.717, 1.165) is 11.8 Å². The van der Waals surface area contributed by atoms with Crippen LogP contribution >= 0.6 is 11.3 Å². The van der Waals surface area contributed by atoms with Crippen molar-refractivity contribution >= 4 is 34.4 Å². The number of carboxylic acid groups (broad SMARTS) is 1. The van der Waals surface area contributed by atoms with Gasteiger partial charge >= 0.3 is 5.97 Å². The highest BCUT2D eigenvalue weighted by molar-refractivity contribution is 7.16. The molecule has 0 aliphatic heterocycles. The molecule has 1 amide bonds. The lowest BCUT2D eigenvalue weighted by molar-refractivity contribution is -0.131. The number of carbonyl (C=O) groups is 2. The van der Waals surface area contributed by atoms with Gasteiger partial charge in [0.25, 0.3) is 5.91 Å². The number of anilines is 1. The smallest absolute Gasteiger partial charge is 0.328 e. The first-order valence-corrected chi connectivity index (χ1v) is 6.67. The van der Waals surface area contributed by atoms with Gasteiger partial charge in [0.15, 0.2) is 10.9 Å². The van der Waals surface area contributed by atoms with Crippen LogP contribution in [0.25, 0.3) is 6.08 Å². The maximum absolute atomic E-state index is 11.9. The van der Waals surface area contributed by atoms with Crippen molar-refractivity contribution in [2.75, 3.05) is 5.32 Å². The third-order valence-corrected chi connectivity index (χ3v) is 3.25. The SMILES string of the molecule is CCc1ccc(C(=O)Nc2ncc(C=CC(=O)O)s2)o1. The van der Waals surface area contributed by atoms with Crippen LogP contribution in [0.5, 0.6) is 0 Å². The highest BCUT2D eigenvalue weighted by atomic mass is 32.1. The second kappa shape index (κ2) is 6.16. The third-order valence-electron chi connectivity index (χ3n) is 2.37. The number of nitrogens with zero attached hydrogens (tertiary/aromatic N) is 1. The number of aliphatic carboxylic acids is 1. The van der Waals surface area contributed by atoms with Gasteiger partial charge in [0.1, 0.15) is 5.76 Å². The molecule has 0 aromatic carbocycles. The van der Waals surface area contributed by atoms with Crippen LogP contribution in [0.2, 0.25) is 0 Å². The van der Waals surface area contributed by atoms with Crippen molar-refractivity contribution < 1.29 is 19.1 Å². The van der Waals surface area contributed by atoms with Crippen LogP contribution in [0.3, 0.4) is 0 Å². The van der Waals surface area contributed by atoms with Gasteiger partial charge in [-0.3, -0.25) is 10.1 Å². The number of aryl methyl sites for hydroxylation is 1. The number of thiazole rings is 1. The number of amides is 1. The molecule has 0 saturated heterocycles. The van der Waals surface area contributed by atoms with E-state index in [1.165, 1.54) is 23.6 Å². The van der Waals surface area contributed by atoms with E-state index >= 15 is 0 Å². The maximum Gasteiger partial charge on any atom is 0.328 e. The first kappa shape index (κ1) is 14.0. The minimum atomic E-state index is -1.04. The molecule has 20 heavy (non-hydrogen) atoms. The van der Waals surface area contributed by atoms with Gasteiger partial charge in [0, 0.05) is 23.6 Å². The van der Waals surface area contributed by atoms with E-state index in [4.69, 9.17) is 9.52 Å². The molecule has 0 radical (unpaired) electrons. The van der Waals surface area contributed by atoms with Gasteiger partial charge in [-0.15, -0.1) is 0 Å². The normalized spacial score (nSPS) is 10.8. The standard InChI is InChI=1S/C13H12N2O4S/c1-2-8-3-5-10(19-8)12(18)15-13-14-7-9(20-13)4-6-11(16)17/h3-7H,2H2,1H3,(H,16,17)(H,14,15,18). The molecule has 0 fully saturated rings.